The number of para-hydroxylation sites is 1. The van der Waals surface area contributed by atoms with E-state index in [0.717, 1.165) is 28.7 Å². The van der Waals surface area contributed by atoms with E-state index >= 15 is 0 Å². The van der Waals surface area contributed by atoms with Crippen LogP contribution < -0.4 is 4.74 Å². The monoisotopic (exact) mass is 497 g/mol. The number of rotatable bonds is 7. The Hall–Kier alpha value is -3.56. The minimum atomic E-state index is -0.529. The molecule has 1 fully saturated rings. The number of benzene rings is 2. The molecule has 0 unspecified atom stereocenters. The molecular weight excluding hydrogens is 478 g/mol. The number of imide groups is 1. The summed E-state index contributed by atoms with van der Waals surface area (Å²) in [6.45, 7) is 4.04. The lowest BCUT2D eigenvalue weighted by Gasteiger charge is -2.13. The molecule has 0 N–H and O–H groups in total. The molecule has 0 spiro atoms. The van der Waals surface area contributed by atoms with Gasteiger partial charge in [0.1, 0.15) is 17.4 Å². The SMILES string of the molecule is Cc1cc(/C=C2\SC(=O)N(CCOc3ccccc3)C2=O)c(C)n1-c1ccc(Cl)c([N+](=O)[O-])c1. The Bertz CT molecular complexity index is 1320. The van der Waals surface area contributed by atoms with E-state index in [-0.39, 0.29) is 35.0 Å². The molecule has 10 heteroatoms. The molecule has 3 aromatic rings. The summed E-state index contributed by atoms with van der Waals surface area (Å²) in [6, 6.07) is 15.6. The molecular formula is C24H20ClN3O5S. The fourth-order valence-corrected chi connectivity index (χ4v) is 4.76. The molecule has 2 amide bonds. The van der Waals surface area contributed by atoms with Gasteiger partial charge < -0.3 is 9.30 Å². The quantitative estimate of drug-likeness (QED) is 0.233. The number of hydrogen-bond donors (Lipinski definition) is 0. The summed E-state index contributed by atoms with van der Waals surface area (Å²) in [5.74, 6) is 0.290. The molecule has 0 aliphatic carbocycles. The van der Waals surface area contributed by atoms with Gasteiger partial charge >= 0.3 is 0 Å². The van der Waals surface area contributed by atoms with Gasteiger partial charge in [-0.05, 0) is 67.6 Å². The van der Waals surface area contributed by atoms with Crippen LogP contribution in [0.5, 0.6) is 5.75 Å². The van der Waals surface area contributed by atoms with Crippen LogP contribution in [-0.4, -0.2) is 38.7 Å². The number of nitrogens with zero attached hydrogens (tertiary/aromatic N) is 3. The van der Waals surface area contributed by atoms with Gasteiger partial charge in [0.05, 0.1) is 22.1 Å². The lowest BCUT2D eigenvalue weighted by atomic mass is 10.2. The standard InChI is InChI=1S/C24H20ClN3O5S/c1-15-12-17(16(2)27(15)18-8-9-20(25)21(14-18)28(31)32)13-22-23(29)26(24(30)34-22)10-11-33-19-6-4-3-5-7-19/h3-9,12-14H,10-11H2,1-2H3/b22-13-. The van der Waals surface area contributed by atoms with Crippen molar-refractivity contribution in [1.82, 2.24) is 9.47 Å². The lowest BCUT2D eigenvalue weighted by Crippen LogP contribution is -2.32. The molecule has 0 saturated carbocycles. The highest BCUT2D eigenvalue weighted by atomic mass is 35.5. The van der Waals surface area contributed by atoms with Gasteiger partial charge in [0, 0.05) is 17.5 Å². The maximum absolute atomic E-state index is 12.9. The zero-order valence-electron chi connectivity index (χ0n) is 18.4. The molecule has 0 bridgehead atoms. The average Bonchev–Trinajstić information content (AvgIpc) is 3.23. The van der Waals surface area contributed by atoms with Crippen molar-refractivity contribution in [2.75, 3.05) is 13.2 Å². The number of ether oxygens (including phenoxy) is 1. The predicted octanol–water partition coefficient (Wildman–Crippen LogP) is 5.77. The van der Waals surface area contributed by atoms with E-state index in [2.05, 4.69) is 0 Å². The Morgan fingerprint density at radius 2 is 1.85 bits per heavy atom. The first kappa shape index (κ1) is 23.6. The highest BCUT2D eigenvalue weighted by molar-refractivity contribution is 8.18. The molecule has 1 aliphatic rings. The van der Waals surface area contributed by atoms with Gasteiger partial charge in [-0.25, -0.2) is 0 Å². The molecule has 1 saturated heterocycles. The van der Waals surface area contributed by atoms with Crippen molar-refractivity contribution >= 4 is 46.3 Å². The number of aryl methyl sites for hydroxylation is 1. The Kier molecular flexibility index (Phi) is 6.76. The van der Waals surface area contributed by atoms with E-state index in [1.165, 1.54) is 17.0 Å². The van der Waals surface area contributed by atoms with Gasteiger partial charge in [0.15, 0.2) is 0 Å². The van der Waals surface area contributed by atoms with Gasteiger partial charge in [0.25, 0.3) is 16.8 Å². The van der Waals surface area contributed by atoms with E-state index in [1.807, 2.05) is 42.7 Å². The minimum Gasteiger partial charge on any atom is -0.492 e. The van der Waals surface area contributed by atoms with Crippen LogP contribution in [0.3, 0.4) is 0 Å². The van der Waals surface area contributed by atoms with E-state index in [9.17, 15) is 19.7 Å². The topological polar surface area (TPSA) is 94.7 Å². The molecule has 174 valence electrons. The van der Waals surface area contributed by atoms with Crippen LogP contribution in [0.2, 0.25) is 5.02 Å². The molecule has 8 nitrogen and oxygen atoms in total. The Balaban J connectivity index is 1.54. The van der Waals surface area contributed by atoms with Crippen molar-refractivity contribution in [3.05, 3.63) is 91.6 Å². The molecule has 2 heterocycles. The second-order valence-electron chi connectivity index (χ2n) is 7.55. The van der Waals surface area contributed by atoms with E-state index in [0.29, 0.717) is 16.3 Å². The zero-order valence-corrected chi connectivity index (χ0v) is 19.9. The van der Waals surface area contributed by atoms with Crippen molar-refractivity contribution < 1.29 is 19.2 Å². The number of carbonyl (C=O) groups is 2. The highest BCUT2D eigenvalue weighted by Crippen LogP contribution is 2.34. The average molecular weight is 498 g/mol. The number of nitro benzene ring substituents is 1. The normalized spacial score (nSPS) is 14.8. The van der Waals surface area contributed by atoms with Crippen LogP contribution in [-0.2, 0) is 4.79 Å². The molecule has 4 rings (SSSR count). The number of halogens is 1. The van der Waals surface area contributed by atoms with E-state index in [4.69, 9.17) is 16.3 Å². The van der Waals surface area contributed by atoms with Gasteiger partial charge in [-0.3, -0.25) is 24.6 Å². The van der Waals surface area contributed by atoms with E-state index in [1.54, 1.807) is 24.3 Å². The largest absolute Gasteiger partial charge is 0.492 e. The van der Waals surface area contributed by atoms with Crippen LogP contribution in [0.4, 0.5) is 10.5 Å². The van der Waals surface area contributed by atoms with Gasteiger partial charge in [-0.2, -0.15) is 0 Å². The number of carbonyl (C=O) groups excluding carboxylic acids is 2. The third kappa shape index (κ3) is 4.71. The summed E-state index contributed by atoms with van der Waals surface area (Å²) in [5, 5.41) is 11.0. The molecule has 0 radical (unpaired) electrons. The van der Waals surface area contributed by atoms with Crippen LogP contribution in [0, 0.1) is 24.0 Å². The zero-order chi connectivity index (χ0) is 24.4. The predicted molar refractivity (Wildman–Crippen MR) is 132 cm³/mol. The molecule has 1 aliphatic heterocycles. The Labute approximate surface area is 204 Å². The van der Waals surface area contributed by atoms with Gasteiger partial charge in [-0.15, -0.1) is 0 Å². The smallest absolute Gasteiger partial charge is 0.293 e. The maximum Gasteiger partial charge on any atom is 0.293 e. The number of aromatic nitrogens is 1. The van der Waals surface area contributed by atoms with Crippen molar-refractivity contribution in [3.8, 4) is 11.4 Å². The third-order valence-electron chi connectivity index (χ3n) is 5.34. The van der Waals surface area contributed by atoms with Gasteiger partial charge in [-0.1, -0.05) is 29.8 Å². The van der Waals surface area contributed by atoms with Crippen LogP contribution >= 0.6 is 23.4 Å². The number of thioether (sulfide) groups is 1. The van der Waals surface area contributed by atoms with E-state index < -0.39 is 4.92 Å². The second kappa shape index (κ2) is 9.74. The van der Waals surface area contributed by atoms with Crippen LogP contribution in [0.25, 0.3) is 11.8 Å². The molecule has 0 atom stereocenters. The lowest BCUT2D eigenvalue weighted by molar-refractivity contribution is -0.384. The van der Waals surface area contributed by atoms with Crippen LogP contribution in [0.15, 0.2) is 59.5 Å². The molecule has 34 heavy (non-hydrogen) atoms. The summed E-state index contributed by atoms with van der Waals surface area (Å²) in [5.41, 5.74) is 2.72. The third-order valence-corrected chi connectivity index (χ3v) is 6.57. The first-order valence-corrected chi connectivity index (χ1v) is 11.5. The summed E-state index contributed by atoms with van der Waals surface area (Å²) in [4.78, 5) is 37.5. The van der Waals surface area contributed by atoms with Crippen molar-refractivity contribution in [2.24, 2.45) is 0 Å². The fourth-order valence-electron chi connectivity index (χ4n) is 3.72. The number of amides is 2. The summed E-state index contributed by atoms with van der Waals surface area (Å²) in [7, 11) is 0. The maximum atomic E-state index is 12.9. The molecule has 1 aromatic heterocycles. The minimum absolute atomic E-state index is 0.0568. The van der Waals surface area contributed by atoms with Crippen molar-refractivity contribution in [3.63, 3.8) is 0 Å². The van der Waals surface area contributed by atoms with Crippen LogP contribution in [0.1, 0.15) is 17.0 Å². The first-order chi connectivity index (χ1) is 16.3. The molecule has 2 aromatic carbocycles. The number of nitro groups is 1. The number of hydrogen-bond acceptors (Lipinski definition) is 6. The fraction of sp³-hybridized carbons (Fsp3) is 0.167. The van der Waals surface area contributed by atoms with Crippen molar-refractivity contribution in [2.45, 2.75) is 13.8 Å². The van der Waals surface area contributed by atoms with Gasteiger partial charge in [0.2, 0.25) is 0 Å². The highest BCUT2D eigenvalue weighted by Gasteiger charge is 2.35. The second-order valence-corrected chi connectivity index (χ2v) is 8.95. The Morgan fingerprint density at radius 3 is 2.56 bits per heavy atom. The van der Waals surface area contributed by atoms with Crippen molar-refractivity contribution in [1.29, 1.82) is 0 Å². The summed E-state index contributed by atoms with van der Waals surface area (Å²) < 4.78 is 7.44. The Morgan fingerprint density at radius 1 is 1.12 bits per heavy atom. The first-order valence-electron chi connectivity index (χ1n) is 10.3. The summed E-state index contributed by atoms with van der Waals surface area (Å²) >= 11 is 6.82. The summed E-state index contributed by atoms with van der Waals surface area (Å²) in [6.07, 6.45) is 1.67.